The van der Waals surface area contributed by atoms with Crippen molar-refractivity contribution < 1.29 is 27.1 Å². The highest BCUT2D eigenvalue weighted by atomic mass is 19.4. The Morgan fingerprint density at radius 2 is 1.82 bits per heavy atom. The van der Waals surface area contributed by atoms with Crippen molar-refractivity contribution in [2.24, 2.45) is 0 Å². The molecule has 0 fully saturated rings. The number of carbonyl (C=O) groups is 1. The molecule has 0 atom stereocenters. The van der Waals surface area contributed by atoms with E-state index < -0.39 is 29.1 Å². The number of hydrogen-bond donors (Lipinski definition) is 2. The summed E-state index contributed by atoms with van der Waals surface area (Å²) in [5, 5.41) is 3.07. The summed E-state index contributed by atoms with van der Waals surface area (Å²) in [5.41, 5.74) is -1.10. The number of nitrogens with one attached hydrogen (secondary N) is 2. The number of ether oxygens (including phenoxy) is 1. The number of alkyl halides is 3. The number of carbonyl (C=O) groups excluding carboxylic acids is 1. The summed E-state index contributed by atoms with van der Waals surface area (Å²) < 4.78 is 56.3. The molecule has 1 aromatic heterocycles. The van der Waals surface area contributed by atoms with E-state index >= 15 is 0 Å². The van der Waals surface area contributed by atoms with Crippen molar-refractivity contribution in [2.45, 2.75) is 12.7 Å². The van der Waals surface area contributed by atoms with E-state index in [9.17, 15) is 27.2 Å². The van der Waals surface area contributed by atoms with Crippen molar-refractivity contribution in [3.8, 4) is 0 Å². The molecular weight excluding hydrogens is 380 g/mol. The maximum Gasteiger partial charge on any atom is 0.416 e. The van der Waals surface area contributed by atoms with E-state index in [4.69, 9.17) is 0 Å². The second-order valence-electron chi connectivity index (χ2n) is 5.93. The Kier molecular flexibility index (Phi) is 5.08. The average molecular weight is 394 g/mol. The van der Waals surface area contributed by atoms with Gasteiger partial charge >= 0.3 is 12.1 Å². The van der Waals surface area contributed by atoms with Crippen LogP contribution in [0.15, 0.2) is 47.3 Å². The molecule has 0 saturated heterocycles. The first-order chi connectivity index (χ1) is 13.2. The first kappa shape index (κ1) is 19.4. The van der Waals surface area contributed by atoms with Crippen LogP contribution in [0.25, 0.3) is 10.9 Å². The molecule has 146 valence electrons. The van der Waals surface area contributed by atoms with Crippen LogP contribution in [-0.2, 0) is 17.5 Å². The first-order valence-electron chi connectivity index (χ1n) is 8.04. The number of aromatic amines is 1. The van der Waals surface area contributed by atoms with Crippen molar-refractivity contribution in [2.75, 3.05) is 12.4 Å². The summed E-state index contributed by atoms with van der Waals surface area (Å²) in [5.74, 6) is -1.52. The Bertz CT molecular complexity index is 1090. The number of halogens is 4. The molecule has 0 amide bonds. The zero-order valence-electron chi connectivity index (χ0n) is 14.5. The fourth-order valence-corrected chi connectivity index (χ4v) is 2.75. The number of anilines is 1. The number of hydrogen-bond acceptors (Lipinski definition) is 4. The van der Waals surface area contributed by atoms with Crippen LogP contribution >= 0.6 is 0 Å². The van der Waals surface area contributed by atoms with Crippen LogP contribution in [0, 0.1) is 5.82 Å². The van der Waals surface area contributed by atoms with Crippen molar-refractivity contribution in [3.05, 3.63) is 75.3 Å². The van der Waals surface area contributed by atoms with Crippen molar-refractivity contribution in [1.29, 1.82) is 0 Å². The molecule has 5 nitrogen and oxygen atoms in total. The number of rotatable bonds is 4. The molecule has 2 N–H and O–H groups in total. The number of H-pyrrole nitrogens is 1. The lowest BCUT2D eigenvalue weighted by Crippen LogP contribution is -2.22. The van der Waals surface area contributed by atoms with E-state index in [1.807, 2.05) is 0 Å². The quantitative estimate of drug-likeness (QED) is 0.517. The van der Waals surface area contributed by atoms with Gasteiger partial charge in [0.25, 0.3) is 5.56 Å². The third-order valence-corrected chi connectivity index (χ3v) is 4.12. The van der Waals surface area contributed by atoms with Gasteiger partial charge in [-0.2, -0.15) is 13.2 Å². The molecule has 9 heteroatoms. The van der Waals surface area contributed by atoms with Crippen LogP contribution in [-0.4, -0.2) is 18.1 Å². The lowest BCUT2D eigenvalue weighted by atomic mass is 10.1. The molecule has 0 bridgehead atoms. The minimum atomic E-state index is -4.45. The smallest absolute Gasteiger partial charge is 0.416 e. The molecule has 0 aliphatic heterocycles. The van der Waals surface area contributed by atoms with Gasteiger partial charge in [-0.05, 0) is 35.9 Å². The van der Waals surface area contributed by atoms with Crippen LogP contribution in [0.1, 0.15) is 21.5 Å². The van der Waals surface area contributed by atoms with Gasteiger partial charge in [-0.3, -0.25) is 4.79 Å². The summed E-state index contributed by atoms with van der Waals surface area (Å²) in [6.45, 7) is -0.00278. The molecule has 0 spiro atoms. The van der Waals surface area contributed by atoms with Gasteiger partial charge in [0, 0.05) is 11.9 Å². The summed E-state index contributed by atoms with van der Waals surface area (Å²) in [4.78, 5) is 26.8. The molecule has 0 saturated carbocycles. The number of pyridine rings is 1. The van der Waals surface area contributed by atoms with Crippen LogP contribution in [0.5, 0.6) is 0 Å². The minimum Gasteiger partial charge on any atom is -0.465 e. The van der Waals surface area contributed by atoms with Gasteiger partial charge in [-0.1, -0.05) is 12.1 Å². The lowest BCUT2D eigenvalue weighted by molar-refractivity contribution is -0.137. The Morgan fingerprint density at radius 3 is 2.43 bits per heavy atom. The standard InChI is InChI=1S/C19H14F4N2O3/c1-28-18(27)15-16(13-8-12(20)6-7-14(13)25-17(15)26)24-9-10-2-4-11(5-3-10)19(21,22)23/h2-8H,9H2,1H3,(H2,24,25,26). The van der Waals surface area contributed by atoms with Crippen LogP contribution < -0.4 is 10.9 Å². The predicted octanol–water partition coefficient (Wildman–Crippen LogP) is 4.08. The van der Waals surface area contributed by atoms with E-state index in [0.717, 1.165) is 31.4 Å². The van der Waals surface area contributed by atoms with E-state index in [-0.39, 0.29) is 28.7 Å². The largest absolute Gasteiger partial charge is 0.465 e. The van der Waals surface area contributed by atoms with Gasteiger partial charge in [0.15, 0.2) is 0 Å². The van der Waals surface area contributed by atoms with Gasteiger partial charge in [0.2, 0.25) is 0 Å². The second kappa shape index (κ2) is 7.34. The summed E-state index contributed by atoms with van der Waals surface area (Å²) >= 11 is 0. The molecule has 2 aromatic carbocycles. The van der Waals surface area contributed by atoms with Crippen LogP contribution in [0.3, 0.4) is 0 Å². The Hall–Kier alpha value is -3.36. The van der Waals surface area contributed by atoms with E-state index in [2.05, 4.69) is 15.0 Å². The maximum absolute atomic E-state index is 13.7. The summed E-state index contributed by atoms with van der Waals surface area (Å²) in [7, 11) is 1.09. The fraction of sp³-hybridized carbons (Fsp3) is 0.158. The summed E-state index contributed by atoms with van der Waals surface area (Å²) in [6.07, 6.45) is -4.45. The zero-order chi connectivity index (χ0) is 20.5. The van der Waals surface area contributed by atoms with Gasteiger partial charge in [0.05, 0.1) is 23.9 Å². The molecule has 0 aliphatic rings. The van der Waals surface area contributed by atoms with Crippen LogP contribution in [0.2, 0.25) is 0 Å². The highest BCUT2D eigenvalue weighted by Gasteiger charge is 2.30. The normalized spacial score (nSPS) is 11.5. The molecule has 3 rings (SSSR count). The van der Waals surface area contributed by atoms with Gasteiger partial charge in [-0.15, -0.1) is 0 Å². The van der Waals surface area contributed by atoms with Gasteiger partial charge in [0.1, 0.15) is 11.4 Å². The number of methoxy groups -OCH3 is 1. The summed E-state index contributed by atoms with van der Waals surface area (Å²) in [6, 6.07) is 8.01. The predicted molar refractivity (Wildman–Crippen MR) is 94.6 cm³/mol. The van der Waals surface area contributed by atoms with E-state index in [1.165, 1.54) is 18.2 Å². The Labute approximate surface area is 155 Å². The number of esters is 1. The number of benzene rings is 2. The van der Waals surface area contributed by atoms with Gasteiger partial charge in [-0.25, -0.2) is 9.18 Å². The Morgan fingerprint density at radius 1 is 1.14 bits per heavy atom. The van der Waals surface area contributed by atoms with E-state index in [1.54, 1.807) is 0 Å². The van der Waals surface area contributed by atoms with Crippen molar-refractivity contribution >= 4 is 22.6 Å². The van der Waals surface area contributed by atoms with Gasteiger partial charge < -0.3 is 15.0 Å². The average Bonchev–Trinajstić information content (AvgIpc) is 2.65. The molecule has 28 heavy (non-hydrogen) atoms. The third kappa shape index (κ3) is 3.83. The monoisotopic (exact) mass is 394 g/mol. The van der Waals surface area contributed by atoms with Crippen LogP contribution in [0.4, 0.5) is 23.2 Å². The SMILES string of the molecule is COC(=O)c1c(NCc2ccc(C(F)(F)F)cc2)c2cc(F)ccc2[nH]c1=O. The van der Waals surface area contributed by atoms with Crippen molar-refractivity contribution in [3.63, 3.8) is 0 Å². The molecule has 1 heterocycles. The molecular formula is C19H14F4N2O3. The number of aromatic nitrogens is 1. The lowest BCUT2D eigenvalue weighted by Gasteiger charge is -2.14. The molecule has 3 aromatic rings. The topological polar surface area (TPSA) is 71.2 Å². The Balaban J connectivity index is 2.02. The molecule has 0 unspecified atom stereocenters. The molecule has 0 radical (unpaired) electrons. The highest BCUT2D eigenvalue weighted by Crippen LogP contribution is 2.30. The van der Waals surface area contributed by atoms with E-state index in [0.29, 0.717) is 5.56 Å². The third-order valence-electron chi connectivity index (χ3n) is 4.12. The first-order valence-corrected chi connectivity index (χ1v) is 8.04. The van der Waals surface area contributed by atoms with Crippen molar-refractivity contribution in [1.82, 2.24) is 4.98 Å². The fourth-order valence-electron chi connectivity index (χ4n) is 2.75. The zero-order valence-corrected chi connectivity index (χ0v) is 14.5. The highest BCUT2D eigenvalue weighted by molar-refractivity contribution is 6.04. The minimum absolute atomic E-state index is 0.00278. The second-order valence-corrected chi connectivity index (χ2v) is 5.93. The maximum atomic E-state index is 13.7. The number of fused-ring (bicyclic) bond motifs is 1. The molecule has 0 aliphatic carbocycles.